The highest BCUT2D eigenvalue weighted by Crippen LogP contribution is 2.37. The molecule has 0 bridgehead atoms. The van der Waals surface area contributed by atoms with Gasteiger partial charge in [-0.05, 0) is 97.6 Å². The highest BCUT2D eigenvalue weighted by atomic mass is 19.4. The van der Waals surface area contributed by atoms with Crippen molar-refractivity contribution in [2.45, 2.75) is 136 Å². The Morgan fingerprint density at radius 2 is 0.960 bits per heavy atom. The van der Waals surface area contributed by atoms with Gasteiger partial charge in [0.25, 0.3) is 12.2 Å². The van der Waals surface area contributed by atoms with Crippen LogP contribution in [0.15, 0.2) is 36.4 Å². The van der Waals surface area contributed by atoms with Gasteiger partial charge in [0, 0.05) is 77.3 Å². The number of carbonyl (C=O) groups excluding carboxylic acids is 5. The van der Waals surface area contributed by atoms with E-state index in [4.69, 9.17) is 18.9 Å². The number of esters is 2. The maximum absolute atomic E-state index is 12.7. The predicted octanol–water partition coefficient (Wildman–Crippen LogP) is 10.1. The molecule has 2 saturated heterocycles. The lowest BCUT2D eigenvalue weighted by atomic mass is 10.1. The Balaban J connectivity index is 0.000000425. The molecule has 1 N–H and O–H groups in total. The third-order valence-electron chi connectivity index (χ3n) is 9.95. The molecule has 2 aromatic rings. The number of nitrogens with one attached hydrogen (secondary N) is 1. The average molecular weight is 1100 g/mol. The van der Waals surface area contributed by atoms with Gasteiger partial charge in [-0.3, -0.25) is 19.3 Å². The number of hydrogen-bond acceptors (Lipinski definition) is 13. The van der Waals surface area contributed by atoms with E-state index in [0.29, 0.717) is 49.5 Å². The molecule has 0 unspecified atom stereocenters. The second-order valence-corrected chi connectivity index (χ2v) is 19.0. The van der Waals surface area contributed by atoms with Crippen molar-refractivity contribution in [3.63, 3.8) is 0 Å². The van der Waals surface area contributed by atoms with Crippen LogP contribution >= 0.6 is 0 Å². The predicted molar refractivity (Wildman–Crippen MR) is 245 cm³/mol. The number of amides is 2. The fraction of sp³-hybridized carbons (Fsp3) is 0.646. The van der Waals surface area contributed by atoms with Crippen LogP contribution in [0.5, 0.6) is 11.5 Å². The first kappa shape index (κ1) is 65.4. The molecule has 2 aromatic carbocycles. The number of rotatable bonds is 15. The zero-order chi connectivity index (χ0) is 57.2. The molecule has 0 spiro atoms. The number of benzene rings is 2. The summed E-state index contributed by atoms with van der Waals surface area (Å²) < 4.78 is 178. The number of piperazine rings is 2. The Hall–Kier alpha value is -5.73. The van der Waals surface area contributed by atoms with Crippen molar-refractivity contribution in [2.24, 2.45) is 0 Å². The van der Waals surface area contributed by atoms with E-state index in [2.05, 4.69) is 14.8 Å². The van der Waals surface area contributed by atoms with Crippen molar-refractivity contribution in [1.29, 1.82) is 0 Å². The Morgan fingerprint density at radius 1 is 0.573 bits per heavy atom. The molecular weight excluding hydrogens is 1040 g/mol. The molecule has 0 atom stereocenters. The van der Waals surface area contributed by atoms with Crippen LogP contribution in [0, 0.1) is 13.8 Å². The minimum atomic E-state index is -5.76. The Labute approximate surface area is 426 Å². The summed E-state index contributed by atoms with van der Waals surface area (Å²) in [4.78, 5) is 60.9. The first-order valence-corrected chi connectivity index (χ1v) is 23.3. The molecule has 0 aromatic heterocycles. The lowest BCUT2D eigenvalue weighted by Crippen LogP contribution is -2.52. The molecule has 426 valence electrons. The van der Waals surface area contributed by atoms with Crippen LogP contribution in [0.1, 0.15) is 94.3 Å². The first-order chi connectivity index (χ1) is 34.4. The zero-order valence-corrected chi connectivity index (χ0v) is 42.7. The summed E-state index contributed by atoms with van der Waals surface area (Å²) in [5.41, 5.74) is 2.28. The van der Waals surface area contributed by atoms with Crippen molar-refractivity contribution in [2.75, 3.05) is 65.6 Å². The molecule has 2 heterocycles. The normalized spacial score (nSPS) is 15.0. The molecular formula is C48H64F12N4O11. The van der Waals surface area contributed by atoms with E-state index in [1.165, 1.54) is 0 Å². The molecule has 0 radical (unpaired) electrons. The lowest BCUT2D eigenvalue weighted by Gasteiger charge is -2.35. The van der Waals surface area contributed by atoms with Gasteiger partial charge >= 0.3 is 48.8 Å². The van der Waals surface area contributed by atoms with E-state index in [1.807, 2.05) is 69.9 Å². The largest absolute Gasteiger partial charge is 0.493 e. The quantitative estimate of drug-likeness (QED) is 0.0590. The fourth-order valence-electron chi connectivity index (χ4n) is 6.54. The van der Waals surface area contributed by atoms with E-state index in [-0.39, 0.29) is 77.3 Å². The number of carbonyl (C=O) groups is 5. The fourth-order valence-corrected chi connectivity index (χ4v) is 6.54. The smallest absolute Gasteiger partial charge is 0.434 e. The highest BCUT2D eigenvalue weighted by molar-refractivity contribution is 5.79. The van der Waals surface area contributed by atoms with Gasteiger partial charge in [-0.25, -0.2) is 9.59 Å². The third kappa shape index (κ3) is 25.6. The standard InChI is InChI=1S/C24H32F6N2O5.C16H22O4.C8H10F6N2O2/c1-16-7-8-17(18(14-16)35-13-5-6-19(33)37-22(2,3)4)15-31-9-11-32(12-10-31)21(34)36-20(23(25,26)27)24(28,29)30;1-12-7-8-13(11-17)14(10-12)19-9-5-6-15(18)20-16(2,3)4;9-7(10,11)5(8(12,13)14)18-6(17)16-3-1-15-2-4-16/h7-8,14,20H,5-6,9-13,15H2,1-4H3;7-8,10-11H,5-6,9H2,1-4H3;5,15H,1-4H2. The molecule has 27 heteroatoms. The second-order valence-electron chi connectivity index (χ2n) is 19.0. The van der Waals surface area contributed by atoms with Crippen LogP contribution in [0.2, 0.25) is 0 Å². The maximum Gasteiger partial charge on any atom is 0.434 e. The Bertz CT molecular complexity index is 2120. The minimum Gasteiger partial charge on any atom is -0.493 e. The van der Waals surface area contributed by atoms with Crippen LogP contribution in [0.4, 0.5) is 62.3 Å². The Morgan fingerprint density at radius 3 is 1.36 bits per heavy atom. The summed E-state index contributed by atoms with van der Waals surface area (Å²) in [6, 6.07) is 11.0. The molecule has 0 saturated carbocycles. The maximum atomic E-state index is 12.7. The van der Waals surface area contributed by atoms with Crippen LogP contribution < -0.4 is 14.8 Å². The number of aldehydes is 1. The van der Waals surface area contributed by atoms with Crippen molar-refractivity contribution in [3.05, 3.63) is 58.7 Å². The number of nitrogens with zero attached hydrogens (tertiary/aromatic N) is 3. The van der Waals surface area contributed by atoms with Gasteiger partial charge in [-0.1, -0.05) is 18.2 Å². The van der Waals surface area contributed by atoms with Crippen LogP contribution in [-0.4, -0.2) is 159 Å². The zero-order valence-electron chi connectivity index (χ0n) is 42.7. The van der Waals surface area contributed by atoms with Crippen LogP contribution in [0.3, 0.4) is 0 Å². The number of halogens is 12. The summed E-state index contributed by atoms with van der Waals surface area (Å²) in [7, 11) is 0. The average Bonchev–Trinajstić information content (AvgIpc) is 3.26. The van der Waals surface area contributed by atoms with E-state index >= 15 is 0 Å². The SMILES string of the molecule is Cc1ccc(C=O)c(OCCCC(=O)OC(C)(C)C)c1.Cc1ccc(CN2CCN(C(=O)OC(C(F)(F)F)C(F)(F)F)CC2)c(OCCCC(=O)OC(C)(C)C)c1.O=C(OC(C(F)(F)F)C(F)(F)F)N1CCNCC1. The number of alkyl halides is 12. The van der Waals surface area contributed by atoms with Crippen molar-refractivity contribution in [1.82, 2.24) is 20.0 Å². The van der Waals surface area contributed by atoms with Gasteiger partial charge in [-0.15, -0.1) is 0 Å². The number of ether oxygens (including phenoxy) is 6. The molecule has 2 aliphatic rings. The van der Waals surface area contributed by atoms with Gasteiger partial charge in [0.2, 0.25) is 0 Å². The summed E-state index contributed by atoms with van der Waals surface area (Å²) in [6.45, 7) is 16.5. The Kier molecular flexibility index (Phi) is 24.8. The van der Waals surface area contributed by atoms with Gasteiger partial charge < -0.3 is 43.5 Å². The number of aryl methyl sites for hydroxylation is 2. The van der Waals surface area contributed by atoms with Crippen LogP contribution in [-0.2, 0) is 35.1 Å². The van der Waals surface area contributed by atoms with E-state index < -0.39 is 60.3 Å². The topological polar surface area (TPSA) is 162 Å². The summed E-state index contributed by atoms with van der Waals surface area (Å²) in [5.74, 6) is 0.600. The highest BCUT2D eigenvalue weighted by Gasteiger charge is 2.61. The third-order valence-corrected chi connectivity index (χ3v) is 9.95. The molecule has 0 aliphatic carbocycles. The molecule has 15 nitrogen and oxygen atoms in total. The summed E-state index contributed by atoms with van der Waals surface area (Å²) >= 11 is 0. The van der Waals surface area contributed by atoms with Gasteiger partial charge in [0.05, 0.1) is 18.8 Å². The number of hydrogen-bond donors (Lipinski definition) is 1. The molecule has 2 aliphatic heterocycles. The van der Waals surface area contributed by atoms with E-state index in [0.717, 1.165) is 32.8 Å². The second kappa shape index (κ2) is 28.4. The van der Waals surface area contributed by atoms with Crippen molar-refractivity contribution >= 4 is 30.4 Å². The summed E-state index contributed by atoms with van der Waals surface area (Å²) in [5, 5.41) is 2.79. The van der Waals surface area contributed by atoms with Crippen molar-refractivity contribution in [3.8, 4) is 11.5 Å². The molecule has 2 amide bonds. The lowest BCUT2D eigenvalue weighted by molar-refractivity contribution is -0.309. The van der Waals surface area contributed by atoms with Crippen LogP contribution in [0.25, 0.3) is 0 Å². The first-order valence-electron chi connectivity index (χ1n) is 23.3. The molecule has 4 rings (SSSR count). The van der Waals surface area contributed by atoms with Gasteiger partial charge in [-0.2, -0.15) is 52.7 Å². The monoisotopic (exact) mass is 1100 g/mol. The molecule has 2 fully saturated rings. The van der Waals surface area contributed by atoms with E-state index in [9.17, 15) is 76.7 Å². The molecule has 75 heavy (non-hydrogen) atoms. The minimum absolute atomic E-state index is 0.00126. The summed E-state index contributed by atoms with van der Waals surface area (Å²) in [6.07, 6.45) is -32.2. The van der Waals surface area contributed by atoms with Crippen molar-refractivity contribution < 1.29 is 105 Å². The van der Waals surface area contributed by atoms with Gasteiger partial charge in [0.1, 0.15) is 22.7 Å². The van der Waals surface area contributed by atoms with Gasteiger partial charge in [0.15, 0.2) is 6.29 Å². The van der Waals surface area contributed by atoms with E-state index in [1.54, 1.807) is 26.8 Å².